The van der Waals surface area contributed by atoms with E-state index < -0.39 is 18.4 Å². The number of ketones is 1. The lowest BCUT2D eigenvalue weighted by Crippen LogP contribution is -2.12. The molecule has 0 spiro atoms. The zero-order chi connectivity index (χ0) is 24.5. The standard InChI is InChI=1S/C27H30O6/c1-17(2)5-7-19-8-10-20(24(29)15-19)12-14-23(28)22-13-11-21(9-6-18(3)4)26(32)27(22)33-16-25(30)31/h5-6,8,10-15,29,32H,7,9,16H2,1-4H3,(H,30,31). The van der Waals surface area contributed by atoms with Crippen molar-refractivity contribution >= 4 is 17.8 Å². The van der Waals surface area contributed by atoms with Crippen molar-refractivity contribution in [1.29, 1.82) is 0 Å². The first-order chi connectivity index (χ1) is 15.6. The van der Waals surface area contributed by atoms with Gasteiger partial charge in [-0.2, -0.15) is 0 Å². The van der Waals surface area contributed by atoms with Crippen molar-refractivity contribution < 1.29 is 29.6 Å². The first kappa shape index (κ1) is 25.5. The van der Waals surface area contributed by atoms with Crippen LogP contribution >= 0.6 is 0 Å². The Bertz CT molecular complexity index is 1110. The van der Waals surface area contributed by atoms with Crippen molar-refractivity contribution in [2.24, 2.45) is 0 Å². The Balaban J connectivity index is 2.33. The molecular formula is C27H30O6. The number of ether oxygens (including phenoxy) is 1. The van der Waals surface area contributed by atoms with E-state index in [-0.39, 0.29) is 22.8 Å². The topological polar surface area (TPSA) is 104 Å². The minimum atomic E-state index is -1.23. The first-order valence-electron chi connectivity index (χ1n) is 10.6. The van der Waals surface area contributed by atoms with Crippen LogP contribution < -0.4 is 4.74 Å². The number of rotatable bonds is 10. The predicted octanol–water partition coefficient (Wildman–Crippen LogP) is 5.47. The Morgan fingerprint density at radius 2 is 1.61 bits per heavy atom. The average Bonchev–Trinajstić information content (AvgIpc) is 2.74. The quantitative estimate of drug-likeness (QED) is 0.252. The van der Waals surface area contributed by atoms with E-state index in [0.29, 0.717) is 24.0 Å². The summed E-state index contributed by atoms with van der Waals surface area (Å²) in [5.74, 6) is -2.11. The molecule has 0 aromatic heterocycles. The lowest BCUT2D eigenvalue weighted by Gasteiger charge is -2.13. The minimum Gasteiger partial charge on any atom is -0.507 e. The molecule has 2 aromatic rings. The smallest absolute Gasteiger partial charge is 0.341 e. The van der Waals surface area contributed by atoms with Gasteiger partial charge < -0.3 is 20.1 Å². The third-order valence-corrected chi connectivity index (χ3v) is 4.81. The van der Waals surface area contributed by atoms with E-state index in [0.717, 1.165) is 11.1 Å². The molecule has 33 heavy (non-hydrogen) atoms. The van der Waals surface area contributed by atoms with Gasteiger partial charge in [0, 0.05) is 11.1 Å². The second-order valence-corrected chi connectivity index (χ2v) is 8.19. The van der Waals surface area contributed by atoms with E-state index in [2.05, 4.69) is 6.08 Å². The van der Waals surface area contributed by atoms with Crippen LogP contribution in [0.4, 0.5) is 0 Å². The molecule has 0 saturated heterocycles. The van der Waals surface area contributed by atoms with Crippen LogP contribution in [-0.2, 0) is 17.6 Å². The van der Waals surface area contributed by atoms with Gasteiger partial charge in [0.05, 0.1) is 5.56 Å². The number of carbonyl (C=O) groups is 2. The normalized spacial score (nSPS) is 10.7. The van der Waals surface area contributed by atoms with Crippen molar-refractivity contribution in [3.8, 4) is 17.2 Å². The monoisotopic (exact) mass is 450 g/mol. The Labute approximate surface area is 194 Å². The van der Waals surface area contributed by atoms with E-state index in [4.69, 9.17) is 9.84 Å². The number of aliphatic carboxylic acids is 1. The Morgan fingerprint density at radius 3 is 2.21 bits per heavy atom. The Hall–Kier alpha value is -3.80. The summed E-state index contributed by atoms with van der Waals surface area (Å²) in [6.45, 7) is 7.15. The SMILES string of the molecule is CC(C)=CCc1ccc(C=CC(=O)c2ccc(CC=C(C)C)c(O)c2OCC(=O)O)c(O)c1. The summed E-state index contributed by atoms with van der Waals surface area (Å²) in [7, 11) is 0. The van der Waals surface area contributed by atoms with Gasteiger partial charge in [0.15, 0.2) is 23.9 Å². The van der Waals surface area contributed by atoms with Crippen LogP contribution in [-0.4, -0.2) is 33.7 Å². The molecule has 0 amide bonds. The van der Waals surface area contributed by atoms with Gasteiger partial charge in [-0.05, 0) is 70.4 Å². The highest BCUT2D eigenvalue weighted by molar-refractivity contribution is 6.09. The molecule has 0 radical (unpaired) electrons. The average molecular weight is 451 g/mol. The van der Waals surface area contributed by atoms with Crippen LogP contribution in [0.3, 0.4) is 0 Å². The van der Waals surface area contributed by atoms with E-state index in [1.807, 2.05) is 39.8 Å². The molecule has 0 fully saturated rings. The summed E-state index contributed by atoms with van der Waals surface area (Å²) in [5.41, 5.74) is 4.18. The van der Waals surface area contributed by atoms with E-state index in [1.54, 1.807) is 18.2 Å². The molecule has 0 bridgehead atoms. The summed E-state index contributed by atoms with van der Waals surface area (Å²) in [6.07, 6.45) is 7.79. The second kappa shape index (κ2) is 11.7. The molecule has 0 unspecified atom stereocenters. The third-order valence-electron chi connectivity index (χ3n) is 4.81. The van der Waals surface area contributed by atoms with Gasteiger partial charge >= 0.3 is 5.97 Å². The van der Waals surface area contributed by atoms with Gasteiger partial charge in [-0.3, -0.25) is 4.79 Å². The number of phenols is 2. The highest BCUT2D eigenvalue weighted by Gasteiger charge is 2.19. The fourth-order valence-electron chi connectivity index (χ4n) is 3.00. The van der Waals surface area contributed by atoms with Crippen molar-refractivity contribution in [2.75, 3.05) is 6.61 Å². The molecule has 6 heteroatoms. The van der Waals surface area contributed by atoms with Gasteiger partial charge in [-0.25, -0.2) is 4.79 Å². The highest BCUT2D eigenvalue weighted by Crippen LogP contribution is 2.35. The number of phenolic OH excluding ortho intramolecular Hbond substituents is 2. The molecule has 3 N–H and O–H groups in total. The van der Waals surface area contributed by atoms with E-state index in [9.17, 15) is 19.8 Å². The lowest BCUT2D eigenvalue weighted by molar-refractivity contribution is -0.139. The molecule has 0 aliphatic rings. The van der Waals surface area contributed by atoms with Crippen molar-refractivity contribution in [1.82, 2.24) is 0 Å². The maximum atomic E-state index is 12.8. The molecule has 2 rings (SSSR count). The summed E-state index contributed by atoms with van der Waals surface area (Å²) >= 11 is 0. The number of allylic oxidation sites excluding steroid dienone is 5. The molecule has 0 aliphatic carbocycles. The number of carbonyl (C=O) groups excluding carboxylic acids is 1. The number of benzene rings is 2. The molecule has 0 saturated carbocycles. The number of hydrogen-bond acceptors (Lipinski definition) is 5. The van der Waals surface area contributed by atoms with Crippen molar-refractivity contribution in [3.05, 3.63) is 82.0 Å². The molecule has 2 aromatic carbocycles. The predicted molar refractivity (Wildman–Crippen MR) is 129 cm³/mol. The van der Waals surface area contributed by atoms with E-state index in [1.165, 1.54) is 23.8 Å². The van der Waals surface area contributed by atoms with Crippen LogP contribution in [0.5, 0.6) is 17.2 Å². The molecule has 6 nitrogen and oxygen atoms in total. The zero-order valence-corrected chi connectivity index (χ0v) is 19.4. The lowest BCUT2D eigenvalue weighted by atomic mass is 10.0. The third kappa shape index (κ3) is 7.68. The molecule has 0 aliphatic heterocycles. The molecule has 174 valence electrons. The van der Waals surface area contributed by atoms with Crippen LogP contribution in [0, 0.1) is 0 Å². The van der Waals surface area contributed by atoms with Crippen LogP contribution in [0.1, 0.15) is 54.7 Å². The van der Waals surface area contributed by atoms with Gasteiger partial charge in [0.25, 0.3) is 0 Å². The summed E-state index contributed by atoms with van der Waals surface area (Å²) in [4.78, 5) is 23.8. The first-order valence-corrected chi connectivity index (χ1v) is 10.6. The van der Waals surface area contributed by atoms with Crippen molar-refractivity contribution in [2.45, 2.75) is 40.5 Å². The van der Waals surface area contributed by atoms with Crippen LogP contribution in [0.15, 0.2) is 59.7 Å². The maximum absolute atomic E-state index is 12.8. The minimum absolute atomic E-state index is 0.0330. The summed E-state index contributed by atoms with van der Waals surface area (Å²) in [5, 5.41) is 29.9. The number of carboxylic acids is 1. The Kier molecular flexibility index (Phi) is 9.04. The molecular weight excluding hydrogens is 420 g/mol. The van der Waals surface area contributed by atoms with Crippen LogP contribution in [0.2, 0.25) is 0 Å². The van der Waals surface area contributed by atoms with Gasteiger partial charge in [0.1, 0.15) is 5.75 Å². The molecule has 0 atom stereocenters. The largest absolute Gasteiger partial charge is 0.507 e. The number of aromatic hydroxyl groups is 2. The second-order valence-electron chi connectivity index (χ2n) is 8.19. The van der Waals surface area contributed by atoms with Crippen LogP contribution in [0.25, 0.3) is 6.08 Å². The number of hydrogen-bond donors (Lipinski definition) is 3. The summed E-state index contributed by atoms with van der Waals surface area (Å²) in [6, 6.07) is 8.34. The van der Waals surface area contributed by atoms with E-state index >= 15 is 0 Å². The van der Waals surface area contributed by atoms with Gasteiger partial charge in [-0.1, -0.05) is 41.5 Å². The molecule has 0 heterocycles. The fourth-order valence-corrected chi connectivity index (χ4v) is 3.00. The van der Waals surface area contributed by atoms with Gasteiger partial charge in [-0.15, -0.1) is 0 Å². The van der Waals surface area contributed by atoms with Gasteiger partial charge in [0.2, 0.25) is 0 Å². The van der Waals surface area contributed by atoms with Crippen molar-refractivity contribution in [3.63, 3.8) is 0 Å². The summed E-state index contributed by atoms with van der Waals surface area (Å²) < 4.78 is 5.26. The zero-order valence-electron chi connectivity index (χ0n) is 19.4. The maximum Gasteiger partial charge on any atom is 0.341 e. The fraction of sp³-hybridized carbons (Fsp3) is 0.259. The highest BCUT2D eigenvalue weighted by atomic mass is 16.5. The Morgan fingerprint density at radius 1 is 0.939 bits per heavy atom. The number of carboxylic acid groups (broad SMARTS) is 1.